The molecule has 0 aromatic heterocycles. The lowest BCUT2D eigenvalue weighted by Gasteiger charge is -2.44. The number of nitrogens with zero attached hydrogens (tertiary/aromatic N) is 2. The lowest BCUT2D eigenvalue weighted by atomic mass is 9.96. The summed E-state index contributed by atoms with van der Waals surface area (Å²) >= 11 is 0. The summed E-state index contributed by atoms with van der Waals surface area (Å²) in [7, 11) is 0. The minimum absolute atomic E-state index is 0.0717. The number of likely N-dealkylation sites (tertiary alicyclic amines) is 1. The van der Waals surface area contributed by atoms with Gasteiger partial charge in [-0.15, -0.1) is 0 Å². The van der Waals surface area contributed by atoms with Gasteiger partial charge >= 0.3 is 5.97 Å². The molecule has 2 saturated heterocycles. The molecule has 2 aliphatic rings. The fourth-order valence-corrected chi connectivity index (χ4v) is 4.36. The quantitative estimate of drug-likeness (QED) is 0.692. The minimum Gasteiger partial charge on any atom is -0.480 e. The Morgan fingerprint density at radius 2 is 1.86 bits per heavy atom. The lowest BCUT2D eigenvalue weighted by Crippen LogP contribution is -2.58. The maximum Gasteiger partial charge on any atom is 0.328 e. The van der Waals surface area contributed by atoms with Gasteiger partial charge < -0.3 is 9.84 Å². The first-order valence-corrected chi connectivity index (χ1v) is 10.5. The van der Waals surface area contributed by atoms with Crippen LogP contribution >= 0.6 is 0 Å². The van der Waals surface area contributed by atoms with E-state index in [1.165, 1.54) is 5.56 Å². The molecule has 0 radical (unpaired) electrons. The summed E-state index contributed by atoms with van der Waals surface area (Å²) in [5.74, 6) is -1.04. The molecular formula is C22H32N2O4. The molecule has 0 unspecified atom stereocenters. The van der Waals surface area contributed by atoms with E-state index in [0.717, 1.165) is 45.3 Å². The molecule has 0 aliphatic carbocycles. The Labute approximate surface area is 167 Å². The Hall–Kier alpha value is -1.92. The fourth-order valence-electron chi connectivity index (χ4n) is 4.36. The second kappa shape index (κ2) is 9.52. The van der Waals surface area contributed by atoms with Gasteiger partial charge in [-0.25, -0.2) is 4.79 Å². The molecule has 1 spiro atoms. The van der Waals surface area contributed by atoms with E-state index in [1.54, 1.807) is 4.90 Å². The predicted molar refractivity (Wildman–Crippen MR) is 107 cm³/mol. The van der Waals surface area contributed by atoms with Crippen molar-refractivity contribution in [3.8, 4) is 0 Å². The summed E-state index contributed by atoms with van der Waals surface area (Å²) in [5, 5.41) is 9.62. The molecule has 1 N–H and O–H groups in total. The molecule has 2 aliphatic heterocycles. The summed E-state index contributed by atoms with van der Waals surface area (Å²) in [6.45, 7) is 4.68. The van der Waals surface area contributed by atoms with Gasteiger partial charge in [0.1, 0.15) is 5.72 Å². The highest BCUT2D eigenvalue weighted by molar-refractivity contribution is 5.85. The van der Waals surface area contributed by atoms with Crippen LogP contribution in [-0.2, 0) is 20.9 Å². The van der Waals surface area contributed by atoms with Crippen LogP contribution in [0.3, 0.4) is 0 Å². The van der Waals surface area contributed by atoms with Crippen molar-refractivity contribution >= 4 is 11.9 Å². The maximum atomic E-state index is 12.9. The van der Waals surface area contributed by atoms with Crippen molar-refractivity contribution in [2.75, 3.05) is 19.7 Å². The topological polar surface area (TPSA) is 70.1 Å². The van der Waals surface area contributed by atoms with Gasteiger partial charge in [0.25, 0.3) is 0 Å². The number of carboxylic acid groups (broad SMARTS) is 1. The van der Waals surface area contributed by atoms with Crippen LogP contribution in [-0.4, -0.2) is 58.2 Å². The first kappa shape index (κ1) is 20.8. The molecule has 0 saturated carbocycles. The Kier molecular flexibility index (Phi) is 7.08. The molecule has 28 heavy (non-hydrogen) atoms. The second-order valence-electron chi connectivity index (χ2n) is 7.95. The average Bonchev–Trinajstić information content (AvgIpc) is 3.07. The third kappa shape index (κ3) is 4.73. The van der Waals surface area contributed by atoms with Gasteiger partial charge in [-0.3, -0.25) is 14.6 Å². The molecule has 1 atom stereocenters. The Balaban J connectivity index is 1.63. The zero-order valence-corrected chi connectivity index (χ0v) is 16.8. The van der Waals surface area contributed by atoms with Crippen LogP contribution in [0.1, 0.15) is 57.4 Å². The number of carbonyl (C=O) groups excluding carboxylic acids is 1. The second-order valence-corrected chi connectivity index (χ2v) is 7.95. The molecule has 6 nitrogen and oxygen atoms in total. The number of benzene rings is 1. The first-order valence-electron chi connectivity index (χ1n) is 10.5. The Morgan fingerprint density at radius 1 is 1.14 bits per heavy atom. The normalized spacial score (nSPS) is 21.9. The minimum atomic E-state index is -0.967. The third-order valence-corrected chi connectivity index (χ3v) is 5.94. The summed E-state index contributed by atoms with van der Waals surface area (Å²) in [6, 6.07) is 9.46. The molecule has 0 bridgehead atoms. The van der Waals surface area contributed by atoms with E-state index in [4.69, 9.17) is 4.74 Å². The zero-order chi connectivity index (χ0) is 20.0. The number of hydrogen-bond acceptors (Lipinski definition) is 4. The number of rotatable bonds is 8. The Bertz CT molecular complexity index is 656. The molecule has 1 aromatic rings. The van der Waals surface area contributed by atoms with Crippen molar-refractivity contribution in [2.24, 2.45) is 0 Å². The highest BCUT2D eigenvalue weighted by Crippen LogP contribution is 2.38. The van der Waals surface area contributed by atoms with E-state index in [2.05, 4.69) is 24.0 Å². The molecule has 2 fully saturated rings. The van der Waals surface area contributed by atoms with Gasteiger partial charge in [-0.05, 0) is 12.0 Å². The number of carbonyl (C=O) groups is 2. The molecular weight excluding hydrogens is 356 g/mol. The van der Waals surface area contributed by atoms with E-state index in [-0.39, 0.29) is 12.5 Å². The van der Waals surface area contributed by atoms with Crippen molar-refractivity contribution in [3.05, 3.63) is 35.9 Å². The van der Waals surface area contributed by atoms with E-state index < -0.39 is 17.7 Å². The van der Waals surface area contributed by atoms with Crippen LogP contribution < -0.4 is 0 Å². The van der Waals surface area contributed by atoms with Gasteiger partial charge in [0.15, 0.2) is 6.04 Å². The monoisotopic (exact) mass is 388 g/mol. The van der Waals surface area contributed by atoms with Crippen molar-refractivity contribution < 1.29 is 19.4 Å². The van der Waals surface area contributed by atoms with Crippen molar-refractivity contribution in [1.29, 1.82) is 0 Å². The van der Waals surface area contributed by atoms with Gasteiger partial charge in [-0.2, -0.15) is 0 Å². The standard InChI is InChI=1S/C22H32N2O4/c1-2-3-4-8-11-20(25)24-19(21(26)27)17-28-22(24)12-14-23(15-13-22)16-18-9-6-5-7-10-18/h5-7,9-10,19H,2-4,8,11-17H2,1H3,(H,26,27)/t19-/m1/s1. The largest absolute Gasteiger partial charge is 0.480 e. The van der Waals surface area contributed by atoms with Crippen molar-refractivity contribution in [3.63, 3.8) is 0 Å². The van der Waals surface area contributed by atoms with Gasteiger partial charge in [0.05, 0.1) is 6.61 Å². The third-order valence-electron chi connectivity index (χ3n) is 5.94. The van der Waals surface area contributed by atoms with Crippen LogP contribution in [0.4, 0.5) is 0 Å². The number of aliphatic carboxylic acids is 1. The lowest BCUT2D eigenvalue weighted by molar-refractivity contribution is -0.166. The van der Waals surface area contributed by atoms with Crippen LogP contribution in [0.5, 0.6) is 0 Å². The van der Waals surface area contributed by atoms with E-state index >= 15 is 0 Å². The van der Waals surface area contributed by atoms with Crippen LogP contribution in [0.25, 0.3) is 0 Å². The average molecular weight is 389 g/mol. The summed E-state index contributed by atoms with van der Waals surface area (Å²) in [4.78, 5) is 28.6. The summed E-state index contributed by atoms with van der Waals surface area (Å²) in [6.07, 6.45) is 5.75. The molecule has 6 heteroatoms. The molecule has 2 heterocycles. The summed E-state index contributed by atoms with van der Waals surface area (Å²) < 4.78 is 6.01. The van der Waals surface area contributed by atoms with E-state index in [0.29, 0.717) is 19.3 Å². The van der Waals surface area contributed by atoms with Gasteiger partial charge in [-0.1, -0.05) is 56.5 Å². The highest BCUT2D eigenvalue weighted by Gasteiger charge is 2.53. The van der Waals surface area contributed by atoms with Crippen molar-refractivity contribution in [1.82, 2.24) is 9.80 Å². The van der Waals surface area contributed by atoms with Crippen LogP contribution in [0.15, 0.2) is 30.3 Å². The van der Waals surface area contributed by atoms with Gasteiger partial charge in [0, 0.05) is 38.9 Å². The number of hydrogen-bond donors (Lipinski definition) is 1. The number of unbranched alkanes of at least 4 members (excludes halogenated alkanes) is 3. The molecule has 3 rings (SSSR count). The fraction of sp³-hybridized carbons (Fsp3) is 0.636. The SMILES string of the molecule is CCCCCCC(=O)N1[C@@H](C(=O)O)COC12CCN(Cc1ccccc1)CC2. The number of carboxylic acids is 1. The van der Waals surface area contributed by atoms with E-state index in [1.807, 2.05) is 18.2 Å². The molecule has 1 aromatic carbocycles. The zero-order valence-electron chi connectivity index (χ0n) is 16.8. The number of ether oxygens (including phenoxy) is 1. The summed E-state index contributed by atoms with van der Waals surface area (Å²) in [5.41, 5.74) is 0.510. The van der Waals surface area contributed by atoms with Crippen molar-refractivity contribution in [2.45, 2.75) is 70.2 Å². The first-order chi connectivity index (χ1) is 13.6. The molecule has 154 valence electrons. The smallest absolute Gasteiger partial charge is 0.328 e. The number of amides is 1. The highest BCUT2D eigenvalue weighted by atomic mass is 16.5. The predicted octanol–water partition coefficient (Wildman–Crippen LogP) is 3.26. The van der Waals surface area contributed by atoms with E-state index in [9.17, 15) is 14.7 Å². The Morgan fingerprint density at radius 3 is 2.50 bits per heavy atom. The van der Waals surface area contributed by atoms with Gasteiger partial charge in [0.2, 0.25) is 5.91 Å². The van der Waals surface area contributed by atoms with Crippen LogP contribution in [0, 0.1) is 0 Å². The maximum absolute atomic E-state index is 12.9. The molecule has 1 amide bonds. The van der Waals surface area contributed by atoms with Crippen LogP contribution in [0.2, 0.25) is 0 Å². The number of piperidine rings is 1.